The molecule has 2 nitrogen and oxygen atoms in total. The van der Waals surface area contributed by atoms with Crippen molar-refractivity contribution in [2.24, 2.45) is 5.92 Å². The fourth-order valence-electron chi connectivity index (χ4n) is 2.27. The smallest absolute Gasteiger partial charge is 0.170 e. The second-order valence-corrected chi connectivity index (χ2v) is 7.83. The van der Waals surface area contributed by atoms with E-state index in [0.29, 0.717) is 17.2 Å². The Balaban J connectivity index is 2.43. The Kier molecular flexibility index (Phi) is 6.47. The molecule has 0 saturated heterocycles. The number of rotatable bonds is 8. The number of thioether (sulfide) groups is 1. The Morgan fingerprint density at radius 3 is 2.30 bits per heavy atom. The summed E-state index contributed by atoms with van der Waals surface area (Å²) in [5.74, 6) is 0.954. The lowest BCUT2D eigenvalue weighted by atomic mass is 10.0. The van der Waals surface area contributed by atoms with Gasteiger partial charge in [-0.05, 0) is 12.3 Å². The molecule has 0 heterocycles. The van der Waals surface area contributed by atoms with Crippen LogP contribution < -0.4 is 0 Å². The van der Waals surface area contributed by atoms with Gasteiger partial charge in [0.1, 0.15) is 5.78 Å². The van der Waals surface area contributed by atoms with E-state index < -0.39 is 0 Å². The van der Waals surface area contributed by atoms with E-state index in [2.05, 4.69) is 27.7 Å². The lowest BCUT2D eigenvalue weighted by molar-refractivity contribution is -0.115. The van der Waals surface area contributed by atoms with Crippen LogP contribution >= 0.6 is 11.8 Å². The highest BCUT2D eigenvalue weighted by Gasteiger charge is 2.22. The quantitative estimate of drug-likeness (QED) is 0.526. The minimum absolute atomic E-state index is 0.00870. The van der Waals surface area contributed by atoms with Gasteiger partial charge in [-0.2, -0.15) is 0 Å². The van der Waals surface area contributed by atoms with E-state index in [0.717, 1.165) is 6.42 Å². The van der Waals surface area contributed by atoms with Gasteiger partial charge in [0.25, 0.3) is 0 Å². The van der Waals surface area contributed by atoms with E-state index in [1.54, 1.807) is 23.9 Å². The first-order chi connectivity index (χ1) is 9.30. The zero-order chi connectivity index (χ0) is 15.2. The summed E-state index contributed by atoms with van der Waals surface area (Å²) in [5.41, 5.74) is 0.618. The van der Waals surface area contributed by atoms with Crippen LogP contribution in [0.2, 0.25) is 0 Å². The summed E-state index contributed by atoms with van der Waals surface area (Å²) in [7, 11) is 0. The molecule has 0 N–H and O–H groups in total. The lowest BCUT2D eigenvalue weighted by Gasteiger charge is -2.25. The standard InChI is InChI=1S/C17H24O2S/c1-13(2)11-17(3,4)20-12-15(18)10-16(19)14-8-6-5-7-9-14/h5-9,13H,10-12H2,1-4H3. The zero-order valence-corrected chi connectivity index (χ0v) is 13.6. The van der Waals surface area contributed by atoms with Crippen molar-refractivity contribution in [2.45, 2.75) is 45.3 Å². The van der Waals surface area contributed by atoms with Crippen LogP contribution in [0.1, 0.15) is 50.9 Å². The SMILES string of the molecule is CC(C)CC(C)(C)SCC(=O)CC(=O)c1ccccc1. The first-order valence-electron chi connectivity index (χ1n) is 7.04. The minimum Gasteiger partial charge on any atom is -0.298 e. The minimum atomic E-state index is -0.0853. The molecule has 1 rings (SSSR count). The third-order valence-corrected chi connectivity index (χ3v) is 4.39. The molecule has 20 heavy (non-hydrogen) atoms. The Labute approximate surface area is 126 Å². The van der Waals surface area contributed by atoms with Crippen molar-refractivity contribution in [2.75, 3.05) is 5.75 Å². The van der Waals surface area contributed by atoms with Crippen molar-refractivity contribution in [3.63, 3.8) is 0 Å². The van der Waals surface area contributed by atoms with Crippen molar-refractivity contribution >= 4 is 23.3 Å². The Morgan fingerprint density at radius 2 is 1.75 bits per heavy atom. The van der Waals surface area contributed by atoms with Gasteiger partial charge in [-0.15, -0.1) is 11.8 Å². The van der Waals surface area contributed by atoms with Crippen LogP contribution in [0.15, 0.2) is 30.3 Å². The highest BCUT2D eigenvalue weighted by Crippen LogP contribution is 2.31. The molecule has 0 atom stereocenters. The number of carbonyl (C=O) groups excluding carboxylic acids is 2. The number of Topliss-reactive ketones (excluding diaryl/α,β-unsaturated/α-hetero) is 2. The first-order valence-corrected chi connectivity index (χ1v) is 8.02. The molecule has 0 saturated carbocycles. The van der Waals surface area contributed by atoms with E-state index in [9.17, 15) is 9.59 Å². The van der Waals surface area contributed by atoms with Gasteiger partial charge in [0, 0.05) is 10.3 Å². The molecule has 0 amide bonds. The molecule has 0 spiro atoms. The van der Waals surface area contributed by atoms with E-state index in [-0.39, 0.29) is 22.7 Å². The summed E-state index contributed by atoms with van der Waals surface area (Å²) in [6.07, 6.45) is 1.08. The predicted molar refractivity (Wildman–Crippen MR) is 86.4 cm³/mol. The van der Waals surface area contributed by atoms with Crippen LogP contribution in [0.5, 0.6) is 0 Å². The topological polar surface area (TPSA) is 34.1 Å². The van der Waals surface area contributed by atoms with Crippen LogP contribution in [-0.4, -0.2) is 22.1 Å². The van der Waals surface area contributed by atoms with Crippen molar-refractivity contribution < 1.29 is 9.59 Å². The average molecular weight is 292 g/mol. The largest absolute Gasteiger partial charge is 0.298 e. The Hall–Kier alpha value is -1.09. The fraction of sp³-hybridized carbons (Fsp3) is 0.529. The van der Waals surface area contributed by atoms with Gasteiger partial charge < -0.3 is 0 Å². The van der Waals surface area contributed by atoms with Crippen LogP contribution in [0.3, 0.4) is 0 Å². The molecule has 3 heteroatoms. The Bertz CT molecular complexity index is 449. The molecule has 0 aromatic heterocycles. The Morgan fingerprint density at radius 1 is 1.15 bits per heavy atom. The molecule has 1 aromatic carbocycles. The molecule has 0 fully saturated rings. The van der Waals surface area contributed by atoms with Gasteiger partial charge in [-0.3, -0.25) is 9.59 Å². The van der Waals surface area contributed by atoms with Crippen LogP contribution in [0.25, 0.3) is 0 Å². The molecule has 0 aliphatic carbocycles. The van der Waals surface area contributed by atoms with Crippen molar-refractivity contribution in [1.29, 1.82) is 0 Å². The van der Waals surface area contributed by atoms with Gasteiger partial charge in [-0.1, -0.05) is 58.0 Å². The summed E-state index contributed by atoms with van der Waals surface area (Å²) in [5, 5.41) is 0. The maximum Gasteiger partial charge on any atom is 0.170 e. The summed E-state index contributed by atoms with van der Waals surface area (Å²) in [6, 6.07) is 9.01. The summed E-state index contributed by atoms with van der Waals surface area (Å²) in [6.45, 7) is 8.68. The highest BCUT2D eigenvalue weighted by molar-refractivity contribution is 8.01. The molecule has 0 radical (unpaired) electrons. The fourth-order valence-corrected chi connectivity index (χ4v) is 3.38. The molecular weight excluding hydrogens is 268 g/mol. The molecule has 0 unspecified atom stereocenters. The molecule has 110 valence electrons. The number of hydrogen-bond acceptors (Lipinski definition) is 3. The highest BCUT2D eigenvalue weighted by atomic mass is 32.2. The number of ketones is 2. The number of carbonyl (C=O) groups is 2. The second-order valence-electron chi connectivity index (χ2n) is 6.15. The normalized spacial score (nSPS) is 11.7. The third-order valence-electron chi connectivity index (χ3n) is 2.98. The second kappa shape index (κ2) is 7.63. The van der Waals surface area contributed by atoms with Crippen LogP contribution in [0, 0.1) is 5.92 Å². The molecule has 1 aromatic rings. The summed E-state index contributed by atoms with van der Waals surface area (Å²) < 4.78 is 0.0830. The van der Waals surface area contributed by atoms with E-state index in [1.165, 1.54) is 0 Å². The van der Waals surface area contributed by atoms with Gasteiger partial charge >= 0.3 is 0 Å². The first kappa shape index (κ1) is 17.0. The van der Waals surface area contributed by atoms with Gasteiger partial charge in [0.05, 0.1) is 12.2 Å². The molecular formula is C17H24O2S. The third kappa shape index (κ3) is 6.38. The predicted octanol–water partition coefficient (Wildman–Crippen LogP) is 4.39. The van der Waals surface area contributed by atoms with Crippen molar-refractivity contribution in [1.82, 2.24) is 0 Å². The van der Waals surface area contributed by atoms with Crippen LogP contribution in [-0.2, 0) is 4.79 Å². The van der Waals surface area contributed by atoms with Gasteiger partial charge in [0.15, 0.2) is 5.78 Å². The maximum absolute atomic E-state index is 11.9. The van der Waals surface area contributed by atoms with Crippen LogP contribution in [0.4, 0.5) is 0 Å². The van der Waals surface area contributed by atoms with E-state index in [1.807, 2.05) is 18.2 Å². The molecule has 0 bridgehead atoms. The van der Waals surface area contributed by atoms with Gasteiger partial charge in [0.2, 0.25) is 0 Å². The monoisotopic (exact) mass is 292 g/mol. The lowest BCUT2D eigenvalue weighted by Crippen LogP contribution is -2.21. The molecule has 0 aliphatic heterocycles. The number of benzene rings is 1. The van der Waals surface area contributed by atoms with Crippen molar-refractivity contribution in [3.05, 3.63) is 35.9 Å². The summed E-state index contributed by atoms with van der Waals surface area (Å²) in [4.78, 5) is 23.8. The van der Waals surface area contributed by atoms with E-state index in [4.69, 9.17) is 0 Å². The van der Waals surface area contributed by atoms with Gasteiger partial charge in [-0.25, -0.2) is 0 Å². The zero-order valence-electron chi connectivity index (χ0n) is 12.8. The number of hydrogen-bond donors (Lipinski definition) is 0. The average Bonchev–Trinajstić information content (AvgIpc) is 2.36. The van der Waals surface area contributed by atoms with Crippen molar-refractivity contribution in [3.8, 4) is 0 Å². The summed E-state index contributed by atoms with van der Waals surface area (Å²) >= 11 is 1.65. The molecule has 0 aliphatic rings. The van der Waals surface area contributed by atoms with E-state index >= 15 is 0 Å². The maximum atomic E-state index is 11.9.